The molecule has 0 radical (unpaired) electrons. The van der Waals surface area contributed by atoms with Gasteiger partial charge in [0.05, 0.1) is 0 Å². The fourth-order valence-corrected chi connectivity index (χ4v) is 1.67. The van der Waals surface area contributed by atoms with E-state index in [0.29, 0.717) is 6.42 Å². The maximum Gasteiger partial charge on any atom is 0.303 e. The van der Waals surface area contributed by atoms with Crippen molar-refractivity contribution in [2.45, 2.75) is 52.4 Å². The van der Waals surface area contributed by atoms with E-state index in [9.17, 15) is 9.59 Å². The number of carbonyl (C=O) groups excluding carboxylic acids is 1. The highest BCUT2D eigenvalue weighted by molar-refractivity contribution is 5.77. The van der Waals surface area contributed by atoms with E-state index in [4.69, 9.17) is 5.11 Å². The van der Waals surface area contributed by atoms with Gasteiger partial charge in [-0.1, -0.05) is 57.4 Å². The van der Waals surface area contributed by atoms with Crippen molar-refractivity contribution in [2.75, 3.05) is 0 Å². The van der Waals surface area contributed by atoms with E-state index in [0.717, 1.165) is 49.5 Å². The predicted octanol–water partition coefficient (Wildman–Crippen LogP) is 4.10. The summed E-state index contributed by atoms with van der Waals surface area (Å²) < 4.78 is 0. The van der Waals surface area contributed by atoms with Crippen LogP contribution in [0, 0.1) is 0 Å². The molecule has 0 saturated carbocycles. The summed E-state index contributed by atoms with van der Waals surface area (Å²) in [7, 11) is 0. The molecule has 0 aliphatic carbocycles. The second kappa shape index (κ2) is 11.5. The Labute approximate surface area is 115 Å². The Balaban J connectivity index is 0.000000362. The average Bonchev–Trinajstić information content (AvgIpc) is 2.40. The molecule has 1 N–H and O–H groups in total. The average molecular weight is 264 g/mol. The van der Waals surface area contributed by atoms with Gasteiger partial charge >= 0.3 is 5.97 Å². The SMILES string of the molecule is CCCCCC(=O)O.CCCc1ccccc1C=O. The number of aldehydes is 1. The Morgan fingerprint density at radius 1 is 1.16 bits per heavy atom. The Hall–Kier alpha value is -1.64. The van der Waals surface area contributed by atoms with Crippen LogP contribution in [0.2, 0.25) is 0 Å². The molecule has 0 aliphatic heterocycles. The summed E-state index contributed by atoms with van der Waals surface area (Å²) >= 11 is 0. The molecule has 0 bridgehead atoms. The molecule has 0 spiro atoms. The quantitative estimate of drug-likeness (QED) is 0.595. The lowest BCUT2D eigenvalue weighted by Crippen LogP contribution is -1.92. The summed E-state index contributed by atoms with van der Waals surface area (Å²) in [5.74, 6) is -0.682. The minimum Gasteiger partial charge on any atom is -0.481 e. The largest absolute Gasteiger partial charge is 0.481 e. The highest BCUT2D eigenvalue weighted by atomic mass is 16.4. The number of hydrogen-bond donors (Lipinski definition) is 1. The van der Waals surface area contributed by atoms with Gasteiger partial charge in [0.1, 0.15) is 6.29 Å². The maximum absolute atomic E-state index is 10.5. The van der Waals surface area contributed by atoms with Crippen LogP contribution in [-0.4, -0.2) is 17.4 Å². The Kier molecular flexibility index (Phi) is 10.5. The van der Waals surface area contributed by atoms with Crippen molar-refractivity contribution >= 4 is 12.3 Å². The summed E-state index contributed by atoms with van der Waals surface area (Å²) in [4.78, 5) is 20.4. The van der Waals surface area contributed by atoms with Gasteiger partial charge in [-0.2, -0.15) is 0 Å². The van der Waals surface area contributed by atoms with Gasteiger partial charge in [0.2, 0.25) is 0 Å². The van der Waals surface area contributed by atoms with E-state index in [1.165, 1.54) is 0 Å². The third kappa shape index (κ3) is 9.00. The van der Waals surface area contributed by atoms with E-state index >= 15 is 0 Å². The van der Waals surface area contributed by atoms with Crippen molar-refractivity contribution in [3.05, 3.63) is 35.4 Å². The van der Waals surface area contributed by atoms with Gasteiger partial charge in [-0.15, -0.1) is 0 Å². The number of benzene rings is 1. The van der Waals surface area contributed by atoms with Crippen LogP contribution in [0.3, 0.4) is 0 Å². The van der Waals surface area contributed by atoms with Gasteiger partial charge in [-0.3, -0.25) is 9.59 Å². The molecule has 1 aromatic carbocycles. The normalized spacial score (nSPS) is 9.37. The number of rotatable bonds is 7. The number of hydrogen-bond acceptors (Lipinski definition) is 2. The molecular formula is C16H24O3. The van der Waals surface area contributed by atoms with Crippen molar-refractivity contribution in [3.63, 3.8) is 0 Å². The first-order valence-electron chi connectivity index (χ1n) is 6.90. The van der Waals surface area contributed by atoms with Gasteiger partial charge in [-0.25, -0.2) is 0 Å². The lowest BCUT2D eigenvalue weighted by molar-refractivity contribution is -0.137. The van der Waals surface area contributed by atoms with Gasteiger partial charge < -0.3 is 5.11 Å². The van der Waals surface area contributed by atoms with Crippen LogP contribution in [0.1, 0.15) is 61.9 Å². The van der Waals surface area contributed by atoms with Crippen molar-refractivity contribution in [3.8, 4) is 0 Å². The first-order chi connectivity index (χ1) is 9.15. The minimum atomic E-state index is -0.682. The molecule has 0 heterocycles. The summed E-state index contributed by atoms with van der Waals surface area (Å²) in [5, 5.41) is 8.14. The van der Waals surface area contributed by atoms with Crippen LogP contribution in [0.5, 0.6) is 0 Å². The van der Waals surface area contributed by atoms with Crippen LogP contribution in [0.25, 0.3) is 0 Å². The molecule has 0 atom stereocenters. The van der Waals surface area contributed by atoms with Crippen LogP contribution in [-0.2, 0) is 11.2 Å². The van der Waals surface area contributed by atoms with E-state index in [1.807, 2.05) is 24.3 Å². The molecule has 0 saturated heterocycles. The molecule has 3 nitrogen and oxygen atoms in total. The molecule has 3 heteroatoms. The number of aliphatic carboxylic acids is 1. The van der Waals surface area contributed by atoms with Crippen LogP contribution < -0.4 is 0 Å². The molecule has 19 heavy (non-hydrogen) atoms. The maximum atomic E-state index is 10.5. The second-order valence-electron chi connectivity index (χ2n) is 4.42. The summed E-state index contributed by atoms with van der Waals surface area (Å²) in [6.45, 7) is 4.17. The van der Waals surface area contributed by atoms with Crippen LogP contribution >= 0.6 is 0 Å². The van der Waals surface area contributed by atoms with E-state index < -0.39 is 5.97 Å². The van der Waals surface area contributed by atoms with Gasteiger partial charge in [0.15, 0.2) is 0 Å². The number of aryl methyl sites for hydroxylation is 1. The smallest absolute Gasteiger partial charge is 0.303 e. The zero-order valence-electron chi connectivity index (χ0n) is 11.9. The van der Waals surface area contributed by atoms with Crippen LogP contribution in [0.4, 0.5) is 0 Å². The summed E-state index contributed by atoms with van der Waals surface area (Å²) in [6, 6.07) is 7.73. The molecule has 0 amide bonds. The highest BCUT2D eigenvalue weighted by Gasteiger charge is 1.96. The fraction of sp³-hybridized carbons (Fsp3) is 0.500. The van der Waals surface area contributed by atoms with Gasteiger partial charge in [0, 0.05) is 12.0 Å². The first kappa shape index (κ1) is 17.4. The summed E-state index contributed by atoms with van der Waals surface area (Å²) in [5.41, 5.74) is 1.99. The van der Waals surface area contributed by atoms with Gasteiger partial charge in [-0.05, 0) is 18.4 Å². The monoisotopic (exact) mass is 264 g/mol. The van der Waals surface area contributed by atoms with Crippen molar-refractivity contribution in [2.24, 2.45) is 0 Å². The number of carboxylic acids is 1. The topological polar surface area (TPSA) is 54.4 Å². The minimum absolute atomic E-state index is 0.327. The third-order valence-electron chi connectivity index (χ3n) is 2.70. The van der Waals surface area contributed by atoms with Crippen molar-refractivity contribution < 1.29 is 14.7 Å². The number of unbranched alkanes of at least 4 members (excludes halogenated alkanes) is 2. The lowest BCUT2D eigenvalue weighted by Gasteiger charge is -2.00. The fourth-order valence-electron chi connectivity index (χ4n) is 1.67. The molecule has 106 valence electrons. The Morgan fingerprint density at radius 2 is 1.84 bits per heavy atom. The molecule has 1 aromatic rings. The molecule has 0 aromatic heterocycles. The van der Waals surface area contributed by atoms with Gasteiger partial charge in [0.25, 0.3) is 0 Å². The zero-order chi connectivity index (χ0) is 14.5. The van der Waals surface area contributed by atoms with E-state index in [2.05, 4.69) is 13.8 Å². The Morgan fingerprint density at radius 3 is 2.37 bits per heavy atom. The highest BCUT2D eigenvalue weighted by Crippen LogP contribution is 2.07. The molecule has 0 fully saturated rings. The second-order valence-corrected chi connectivity index (χ2v) is 4.42. The predicted molar refractivity (Wildman–Crippen MR) is 77.6 cm³/mol. The molecular weight excluding hydrogens is 240 g/mol. The molecule has 1 rings (SSSR count). The Bertz CT molecular complexity index is 372. The standard InChI is InChI=1S/C10H12O.C6H12O2/c1-2-5-9-6-3-4-7-10(9)8-11;1-2-3-4-5-6(7)8/h3-4,6-8H,2,5H2,1H3;2-5H2,1H3,(H,7,8). The van der Waals surface area contributed by atoms with Crippen molar-refractivity contribution in [1.29, 1.82) is 0 Å². The van der Waals surface area contributed by atoms with E-state index in [-0.39, 0.29) is 0 Å². The van der Waals surface area contributed by atoms with Crippen molar-refractivity contribution in [1.82, 2.24) is 0 Å². The van der Waals surface area contributed by atoms with Crippen LogP contribution in [0.15, 0.2) is 24.3 Å². The first-order valence-corrected chi connectivity index (χ1v) is 6.90. The van der Waals surface area contributed by atoms with E-state index in [1.54, 1.807) is 0 Å². The zero-order valence-corrected chi connectivity index (χ0v) is 11.9. The summed E-state index contributed by atoms with van der Waals surface area (Å²) in [6.07, 6.45) is 6.28. The molecule has 0 aliphatic rings. The molecule has 0 unspecified atom stereocenters. The number of carboxylic acid groups (broad SMARTS) is 1. The number of carbonyl (C=O) groups is 2. The lowest BCUT2D eigenvalue weighted by atomic mass is 10.0. The third-order valence-corrected chi connectivity index (χ3v) is 2.70.